The Morgan fingerprint density at radius 1 is 1.00 bits per heavy atom. The SMILES string of the molecule is CCC(C)NC(=O)C(C)N(Cc1cccc(Cl)c1)C(=O)CN(c1ccc(F)cc1)S(=O)(=O)c1ccc2c(c1)OCCO2. The van der Waals surface area contributed by atoms with Crippen LogP contribution in [0.1, 0.15) is 32.8 Å². The van der Waals surface area contributed by atoms with Crippen LogP contribution in [0.25, 0.3) is 0 Å². The van der Waals surface area contributed by atoms with Crippen LogP contribution in [0.2, 0.25) is 5.02 Å². The number of amides is 2. The highest BCUT2D eigenvalue weighted by atomic mass is 35.5. The first-order valence-corrected chi connectivity index (χ1v) is 15.3. The third kappa shape index (κ3) is 7.32. The fraction of sp³-hybridized carbons (Fsp3) is 0.333. The van der Waals surface area contributed by atoms with Gasteiger partial charge in [-0.05, 0) is 74.4 Å². The van der Waals surface area contributed by atoms with E-state index in [2.05, 4.69) is 5.32 Å². The predicted molar refractivity (Wildman–Crippen MR) is 158 cm³/mol. The molecular formula is C30H33ClFN3O6S. The topological polar surface area (TPSA) is 105 Å². The van der Waals surface area contributed by atoms with Gasteiger partial charge in [-0.1, -0.05) is 30.7 Å². The summed E-state index contributed by atoms with van der Waals surface area (Å²) in [5.41, 5.74) is 0.723. The third-order valence-corrected chi connectivity index (χ3v) is 8.91. The first kappa shape index (κ1) is 31.1. The van der Waals surface area contributed by atoms with E-state index in [9.17, 15) is 22.4 Å². The van der Waals surface area contributed by atoms with Crippen molar-refractivity contribution >= 4 is 39.1 Å². The van der Waals surface area contributed by atoms with Crippen LogP contribution in [-0.2, 0) is 26.2 Å². The van der Waals surface area contributed by atoms with Crippen LogP contribution in [0.15, 0.2) is 71.6 Å². The van der Waals surface area contributed by atoms with E-state index in [1.165, 1.54) is 35.2 Å². The van der Waals surface area contributed by atoms with Gasteiger partial charge < -0.3 is 19.7 Å². The Balaban J connectivity index is 1.72. The number of hydrogen-bond acceptors (Lipinski definition) is 6. The molecule has 0 spiro atoms. The average Bonchev–Trinajstić information content (AvgIpc) is 2.98. The Morgan fingerprint density at radius 3 is 2.36 bits per heavy atom. The van der Waals surface area contributed by atoms with Gasteiger partial charge in [-0.2, -0.15) is 0 Å². The Kier molecular flexibility index (Phi) is 9.95. The summed E-state index contributed by atoms with van der Waals surface area (Å²) in [7, 11) is -4.37. The van der Waals surface area contributed by atoms with Crippen molar-refractivity contribution < 1.29 is 31.9 Å². The summed E-state index contributed by atoms with van der Waals surface area (Å²) in [6.45, 7) is 5.28. The second-order valence-corrected chi connectivity index (χ2v) is 12.2. The minimum Gasteiger partial charge on any atom is -0.486 e. The molecule has 12 heteroatoms. The van der Waals surface area contributed by atoms with Crippen molar-refractivity contribution in [2.45, 2.75) is 50.7 Å². The standard InChI is InChI=1S/C30H33ClFN3O6S/c1-4-20(2)33-30(37)21(3)34(18-22-6-5-7-23(31)16-22)29(36)19-35(25-10-8-24(32)9-11-25)42(38,39)26-12-13-27-28(17-26)41-15-14-40-27/h5-13,16-17,20-21H,4,14-15,18-19H2,1-3H3,(H,33,37). The summed E-state index contributed by atoms with van der Waals surface area (Å²) in [5.74, 6) is -0.946. The molecule has 0 saturated carbocycles. The maximum absolute atomic E-state index is 14.0. The summed E-state index contributed by atoms with van der Waals surface area (Å²) in [4.78, 5) is 28.3. The van der Waals surface area contributed by atoms with Gasteiger partial charge >= 0.3 is 0 Å². The summed E-state index contributed by atoms with van der Waals surface area (Å²) >= 11 is 6.17. The number of sulfonamides is 1. The largest absolute Gasteiger partial charge is 0.486 e. The van der Waals surface area contributed by atoms with Crippen LogP contribution in [0.5, 0.6) is 11.5 Å². The molecule has 224 valence electrons. The van der Waals surface area contributed by atoms with Gasteiger partial charge in [0, 0.05) is 23.7 Å². The molecule has 0 aromatic heterocycles. The van der Waals surface area contributed by atoms with Gasteiger partial charge in [0.05, 0.1) is 10.6 Å². The monoisotopic (exact) mass is 617 g/mol. The molecule has 1 aliphatic rings. The van der Waals surface area contributed by atoms with Crippen LogP contribution in [-0.4, -0.2) is 57.0 Å². The zero-order chi connectivity index (χ0) is 30.4. The lowest BCUT2D eigenvalue weighted by atomic mass is 10.1. The lowest BCUT2D eigenvalue weighted by Gasteiger charge is -2.32. The van der Waals surface area contributed by atoms with Gasteiger partial charge in [-0.15, -0.1) is 0 Å². The summed E-state index contributed by atoms with van der Waals surface area (Å²) in [5, 5.41) is 3.33. The lowest BCUT2D eigenvalue weighted by molar-refractivity contribution is -0.139. The highest BCUT2D eigenvalue weighted by Crippen LogP contribution is 2.34. The van der Waals surface area contributed by atoms with E-state index in [0.717, 1.165) is 16.4 Å². The smallest absolute Gasteiger partial charge is 0.264 e. The number of halogens is 2. The van der Waals surface area contributed by atoms with Crippen LogP contribution >= 0.6 is 11.6 Å². The van der Waals surface area contributed by atoms with Crippen molar-refractivity contribution in [3.63, 3.8) is 0 Å². The molecular weight excluding hydrogens is 585 g/mol. The summed E-state index contributed by atoms with van der Waals surface area (Å²) in [6.07, 6.45) is 0.687. The predicted octanol–water partition coefficient (Wildman–Crippen LogP) is 4.78. The first-order chi connectivity index (χ1) is 20.0. The number of hydrogen-bond donors (Lipinski definition) is 1. The molecule has 2 amide bonds. The van der Waals surface area contributed by atoms with Crippen molar-refractivity contribution in [1.82, 2.24) is 10.2 Å². The first-order valence-electron chi connectivity index (χ1n) is 13.5. The molecule has 1 heterocycles. The highest BCUT2D eigenvalue weighted by Gasteiger charge is 2.33. The van der Waals surface area contributed by atoms with E-state index in [-0.39, 0.29) is 41.4 Å². The zero-order valence-corrected chi connectivity index (χ0v) is 25.1. The molecule has 0 saturated heterocycles. The normalized spacial score (nSPS) is 14.0. The maximum Gasteiger partial charge on any atom is 0.264 e. The number of carbonyl (C=O) groups excluding carboxylic acids is 2. The number of benzene rings is 3. The second-order valence-electron chi connectivity index (χ2n) is 9.94. The van der Waals surface area contributed by atoms with Gasteiger partial charge in [0.1, 0.15) is 31.6 Å². The van der Waals surface area contributed by atoms with Crippen molar-refractivity contribution in [3.8, 4) is 11.5 Å². The fourth-order valence-corrected chi connectivity index (χ4v) is 5.97. The van der Waals surface area contributed by atoms with Gasteiger partial charge in [0.15, 0.2) is 11.5 Å². The molecule has 9 nitrogen and oxygen atoms in total. The Hall–Kier alpha value is -3.83. The molecule has 3 aromatic rings. The van der Waals surface area contributed by atoms with Crippen molar-refractivity contribution in [2.24, 2.45) is 0 Å². The minimum absolute atomic E-state index is 0.00415. The molecule has 2 atom stereocenters. The maximum atomic E-state index is 14.0. The molecule has 1 aliphatic heterocycles. The average molecular weight is 618 g/mol. The summed E-state index contributed by atoms with van der Waals surface area (Å²) in [6, 6.07) is 14.7. The number of carbonyl (C=O) groups is 2. The second kappa shape index (κ2) is 13.4. The van der Waals surface area contributed by atoms with Crippen LogP contribution in [0, 0.1) is 5.82 Å². The zero-order valence-electron chi connectivity index (χ0n) is 23.5. The quantitative estimate of drug-likeness (QED) is 0.332. The van der Waals surface area contributed by atoms with Gasteiger partial charge in [-0.25, -0.2) is 12.8 Å². The van der Waals surface area contributed by atoms with Crippen LogP contribution < -0.4 is 19.1 Å². The summed E-state index contributed by atoms with van der Waals surface area (Å²) < 4.78 is 53.8. The fourth-order valence-electron chi connectivity index (χ4n) is 4.33. The van der Waals surface area contributed by atoms with Crippen molar-refractivity contribution in [1.29, 1.82) is 0 Å². The third-order valence-electron chi connectivity index (χ3n) is 6.91. The van der Waals surface area contributed by atoms with E-state index < -0.39 is 34.3 Å². The minimum atomic E-state index is -4.37. The molecule has 2 unspecified atom stereocenters. The highest BCUT2D eigenvalue weighted by molar-refractivity contribution is 7.92. The Labute approximate surface area is 250 Å². The van der Waals surface area contributed by atoms with E-state index >= 15 is 0 Å². The van der Waals surface area contributed by atoms with E-state index in [1.54, 1.807) is 31.2 Å². The van der Waals surface area contributed by atoms with Gasteiger partial charge in [-0.3, -0.25) is 13.9 Å². The van der Waals surface area contributed by atoms with Crippen molar-refractivity contribution in [3.05, 3.63) is 83.1 Å². The molecule has 0 fully saturated rings. The van der Waals surface area contributed by atoms with Crippen LogP contribution in [0.4, 0.5) is 10.1 Å². The Morgan fingerprint density at radius 2 is 1.69 bits per heavy atom. The number of anilines is 1. The molecule has 3 aromatic carbocycles. The van der Waals surface area contributed by atoms with Gasteiger partial charge in [0.2, 0.25) is 11.8 Å². The van der Waals surface area contributed by atoms with E-state index in [0.29, 0.717) is 29.4 Å². The molecule has 4 rings (SSSR count). The van der Waals surface area contributed by atoms with Crippen molar-refractivity contribution in [2.75, 3.05) is 24.1 Å². The Bertz CT molecular complexity index is 1540. The lowest BCUT2D eigenvalue weighted by Crippen LogP contribution is -2.52. The number of nitrogens with one attached hydrogen (secondary N) is 1. The number of nitrogens with zero attached hydrogens (tertiary/aromatic N) is 2. The number of ether oxygens (including phenoxy) is 2. The van der Waals surface area contributed by atoms with E-state index in [1.807, 2.05) is 13.8 Å². The van der Waals surface area contributed by atoms with Crippen LogP contribution in [0.3, 0.4) is 0 Å². The molecule has 42 heavy (non-hydrogen) atoms. The number of fused-ring (bicyclic) bond motifs is 1. The molecule has 1 N–H and O–H groups in total. The molecule has 0 radical (unpaired) electrons. The molecule has 0 aliphatic carbocycles. The number of rotatable bonds is 11. The molecule has 0 bridgehead atoms. The van der Waals surface area contributed by atoms with E-state index in [4.69, 9.17) is 21.1 Å². The van der Waals surface area contributed by atoms with Gasteiger partial charge in [0.25, 0.3) is 10.0 Å².